The molecular formula is C19H20F3NO. The first kappa shape index (κ1) is 18.2. The van der Waals surface area contributed by atoms with E-state index in [0.29, 0.717) is 23.1 Å². The number of benzene rings is 2. The van der Waals surface area contributed by atoms with Crippen LogP contribution in [0.15, 0.2) is 48.5 Å². The van der Waals surface area contributed by atoms with Gasteiger partial charge in [0.1, 0.15) is 0 Å². The summed E-state index contributed by atoms with van der Waals surface area (Å²) >= 11 is 0. The normalized spacial score (nSPS) is 11.5. The number of hydrogen-bond acceptors (Lipinski definition) is 2. The van der Waals surface area contributed by atoms with Gasteiger partial charge in [-0.3, -0.25) is 4.79 Å². The largest absolute Gasteiger partial charge is 0.416 e. The number of halogens is 3. The number of Topliss-reactive ketones (excluding diaryl/α,β-unsaturated/α-hetero) is 1. The summed E-state index contributed by atoms with van der Waals surface area (Å²) < 4.78 is 38.0. The molecule has 2 aromatic rings. The molecule has 0 radical (unpaired) electrons. The topological polar surface area (TPSA) is 29.1 Å². The summed E-state index contributed by atoms with van der Waals surface area (Å²) in [6, 6.07) is 12.0. The van der Waals surface area contributed by atoms with Crippen LogP contribution in [0.2, 0.25) is 0 Å². The standard InChI is InChI=1S/C19H20F3NO/c1-23-13-5-4-8-18(24)17-7-3-2-6-16(17)14-9-11-15(12-10-14)19(20,21)22/h2-3,6-7,9-12,23H,4-5,8,13H2,1H3. The van der Waals surface area contributed by atoms with Crippen LogP contribution >= 0.6 is 0 Å². The second-order valence-electron chi connectivity index (χ2n) is 5.60. The Balaban J connectivity index is 2.21. The quantitative estimate of drug-likeness (QED) is 0.573. The van der Waals surface area contributed by atoms with Crippen molar-refractivity contribution in [2.24, 2.45) is 0 Å². The first-order chi connectivity index (χ1) is 11.4. The lowest BCUT2D eigenvalue weighted by Gasteiger charge is -2.11. The van der Waals surface area contributed by atoms with Crippen molar-refractivity contribution in [3.8, 4) is 11.1 Å². The van der Waals surface area contributed by atoms with Crippen molar-refractivity contribution in [1.82, 2.24) is 5.32 Å². The lowest BCUT2D eigenvalue weighted by molar-refractivity contribution is -0.137. The zero-order chi connectivity index (χ0) is 17.6. The Morgan fingerprint density at radius 2 is 1.67 bits per heavy atom. The van der Waals surface area contributed by atoms with Crippen molar-refractivity contribution in [2.75, 3.05) is 13.6 Å². The Labute approximate surface area is 139 Å². The molecule has 0 saturated heterocycles. The van der Waals surface area contributed by atoms with Gasteiger partial charge in [0.15, 0.2) is 5.78 Å². The van der Waals surface area contributed by atoms with Crippen molar-refractivity contribution in [1.29, 1.82) is 0 Å². The zero-order valence-corrected chi connectivity index (χ0v) is 13.5. The SMILES string of the molecule is CNCCCCC(=O)c1ccccc1-c1ccc(C(F)(F)F)cc1. The third-order valence-electron chi connectivity index (χ3n) is 3.83. The van der Waals surface area contributed by atoms with E-state index in [1.54, 1.807) is 24.3 Å². The fraction of sp³-hybridized carbons (Fsp3) is 0.316. The molecule has 2 nitrogen and oxygen atoms in total. The van der Waals surface area contributed by atoms with Crippen LogP contribution in [0.1, 0.15) is 35.2 Å². The van der Waals surface area contributed by atoms with Gasteiger partial charge in [0.25, 0.3) is 0 Å². The first-order valence-electron chi connectivity index (χ1n) is 7.88. The first-order valence-corrected chi connectivity index (χ1v) is 7.88. The predicted molar refractivity (Wildman–Crippen MR) is 89.0 cm³/mol. The Morgan fingerprint density at radius 1 is 1.00 bits per heavy atom. The van der Waals surface area contributed by atoms with Crippen LogP contribution < -0.4 is 5.32 Å². The Bertz CT molecular complexity index is 678. The highest BCUT2D eigenvalue weighted by Gasteiger charge is 2.30. The fourth-order valence-corrected chi connectivity index (χ4v) is 2.54. The molecule has 0 spiro atoms. The number of unbranched alkanes of at least 4 members (excludes halogenated alkanes) is 1. The van der Waals surface area contributed by atoms with E-state index in [4.69, 9.17) is 0 Å². The van der Waals surface area contributed by atoms with Gasteiger partial charge in [-0.1, -0.05) is 36.4 Å². The van der Waals surface area contributed by atoms with E-state index in [0.717, 1.165) is 31.5 Å². The van der Waals surface area contributed by atoms with Crippen LogP contribution in [0.3, 0.4) is 0 Å². The molecule has 0 bridgehead atoms. The molecule has 0 aromatic heterocycles. The smallest absolute Gasteiger partial charge is 0.320 e. The monoisotopic (exact) mass is 335 g/mol. The number of hydrogen-bond donors (Lipinski definition) is 1. The van der Waals surface area contributed by atoms with E-state index in [1.807, 2.05) is 7.05 Å². The second-order valence-corrected chi connectivity index (χ2v) is 5.60. The van der Waals surface area contributed by atoms with E-state index in [-0.39, 0.29) is 5.78 Å². The molecular weight excluding hydrogens is 315 g/mol. The summed E-state index contributed by atoms with van der Waals surface area (Å²) in [6.07, 6.45) is -2.24. The van der Waals surface area contributed by atoms with Gasteiger partial charge in [-0.25, -0.2) is 0 Å². The molecule has 0 aliphatic rings. The molecule has 0 saturated carbocycles. The van der Waals surface area contributed by atoms with Crippen LogP contribution in [0.25, 0.3) is 11.1 Å². The maximum atomic E-state index is 12.7. The average Bonchev–Trinajstić information content (AvgIpc) is 2.58. The molecule has 0 aliphatic heterocycles. The number of carbonyl (C=O) groups is 1. The van der Waals surface area contributed by atoms with Gasteiger partial charge in [-0.2, -0.15) is 13.2 Å². The molecule has 24 heavy (non-hydrogen) atoms. The van der Waals surface area contributed by atoms with Crippen LogP contribution in [-0.2, 0) is 6.18 Å². The van der Waals surface area contributed by atoms with E-state index < -0.39 is 11.7 Å². The van der Waals surface area contributed by atoms with Crippen molar-refractivity contribution >= 4 is 5.78 Å². The van der Waals surface area contributed by atoms with Crippen molar-refractivity contribution < 1.29 is 18.0 Å². The van der Waals surface area contributed by atoms with Gasteiger partial charge in [0, 0.05) is 12.0 Å². The molecule has 0 heterocycles. The van der Waals surface area contributed by atoms with E-state index in [2.05, 4.69) is 5.32 Å². The maximum absolute atomic E-state index is 12.7. The van der Waals surface area contributed by atoms with Crippen molar-refractivity contribution in [3.63, 3.8) is 0 Å². The maximum Gasteiger partial charge on any atom is 0.416 e. The van der Waals surface area contributed by atoms with Gasteiger partial charge in [0.2, 0.25) is 0 Å². The Morgan fingerprint density at radius 3 is 2.29 bits per heavy atom. The minimum Gasteiger partial charge on any atom is -0.320 e. The summed E-state index contributed by atoms with van der Waals surface area (Å²) in [5.41, 5.74) is 1.15. The van der Waals surface area contributed by atoms with Crippen molar-refractivity contribution in [3.05, 3.63) is 59.7 Å². The average molecular weight is 335 g/mol. The predicted octanol–water partition coefficient (Wildman–Crippen LogP) is 4.94. The molecule has 0 unspecified atom stereocenters. The molecule has 1 N–H and O–H groups in total. The van der Waals surface area contributed by atoms with Crippen LogP contribution in [0.4, 0.5) is 13.2 Å². The van der Waals surface area contributed by atoms with E-state index >= 15 is 0 Å². The lowest BCUT2D eigenvalue weighted by Crippen LogP contribution is -2.08. The minimum absolute atomic E-state index is 0.0154. The molecule has 2 aromatic carbocycles. The van der Waals surface area contributed by atoms with Gasteiger partial charge in [-0.15, -0.1) is 0 Å². The highest BCUT2D eigenvalue weighted by molar-refractivity contribution is 6.02. The number of nitrogens with one attached hydrogen (secondary N) is 1. The third kappa shape index (κ3) is 4.68. The second kappa shape index (κ2) is 8.11. The van der Waals surface area contributed by atoms with Crippen LogP contribution in [-0.4, -0.2) is 19.4 Å². The number of carbonyl (C=O) groups excluding carboxylic acids is 1. The van der Waals surface area contributed by atoms with E-state index in [9.17, 15) is 18.0 Å². The molecule has 0 atom stereocenters. The Kier molecular flexibility index (Phi) is 6.15. The number of rotatable bonds is 7. The number of alkyl halides is 3. The molecule has 2 rings (SSSR count). The summed E-state index contributed by atoms with van der Waals surface area (Å²) in [7, 11) is 1.86. The molecule has 0 aliphatic carbocycles. The number of ketones is 1. The van der Waals surface area contributed by atoms with Crippen LogP contribution in [0, 0.1) is 0 Å². The zero-order valence-electron chi connectivity index (χ0n) is 13.5. The molecule has 0 amide bonds. The highest BCUT2D eigenvalue weighted by Crippen LogP contribution is 2.32. The van der Waals surface area contributed by atoms with Gasteiger partial charge >= 0.3 is 6.18 Å². The molecule has 5 heteroatoms. The van der Waals surface area contributed by atoms with Gasteiger partial charge in [0.05, 0.1) is 5.56 Å². The fourth-order valence-electron chi connectivity index (χ4n) is 2.54. The summed E-state index contributed by atoms with van der Waals surface area (Å²) in [5, 5.41) is 3.03. The molecule has 128 valence electrons. The highest BCUT2D eigenvalue weighted by atomic mass is 19.4. The minimum atomic E-state index is -4.36. The van der Waals surface area contributed by atoms with E-state index in [1.165, 1.54) is 12.1 Å². The lowest BCUT2D eigenvalue weighted by atomic mass is 9.94. The third-order valence-corrected chi connectivity index (χ3v) is 3.83. The van der Waals surface area contributed by atoms with Crippen molar-refractivity contribution in [2.45, 2.75) is 25.4 Å². The molecule has 0 fully saturated rings. The Hall–Kier alpha value is -2.14. The summed E-state index contributed by atoms with van der Waals surface area (Å²) in [6.45, 7) is 0.855. The van der Waals surface area contributed by atoms with Crippen LogP contribution in [0.5, 0.6) is 0 Å². The summed E-state index contributed by atoms with van der Waals surface area (Å²) in [4.78, 5) is 12.4. The van der Waals surface area contributed by atoms with Gasteiger partial charge in [-0.05, 0) is 49.7 Å². The van der Waals surface area contributed by atoms with Gasteiger partial charge < -0.3 is 5.32 Å². The summed E-state index contributed by atoms with van der Waals surface area (Å²) in [5.74, 6) is 0.0154.